The molecule has 0 radical (unpaired) electrons. The zero-order valence-electron chi connectivity index (χ0n) is 12.7. The van der Waals surface area contributed by atoms with Gasteiger partial charge in [-0.1, -0.05) is 11.8 Å². The van der Waals surface area contributed by atoms with E-state index in [1.54, 1.807) is 29.0 Å². The van der Waals surface area contributed by atoms with Crippen LogP contribution in [0.4, 0.5) is 14.5 Å². The number of halogens is 2. The minimum atomic E-state index is -0.940. The van der Waals surface area contributed by atoms with Crippen LogP contribution in [0.15, 0.2) is 29.7 Å². The van der Waals surface area contributed by atoms with Crippen molar-refractivity contribution in [3.8, 4) is 0 Å². The molecular formula is C15H13F2N5OS. The zero-order valence-corrected chi connectivity index (χ0v) is 13.5. The third kappa shape index (κ3) is 2.54. The first-order valence-electron chi connectivity index (χ1n) is 7.33. The minimum absolute atomic E-state index is 0.0224. The fraction of sp³-hybridized carbons (Fsp3) is 0.267. The first kappa shape index (κ1) is 15.1. The summed E-state index contributed by atoms with van der Waals surface area (Å²) in [5.41, 5.74) is 1.51. The van der Waals surface area contributed by atoms with Crippen molar-refractivity contribution in [3.63, 3.8) is 0 Å². The molecule has 1 amide bonds. The molecule has 3 aromatic rings. The molecule has 1 aliphatic rings. The van der Waals surface area contributed by atoms with E-state index in [0.717, 1.165) is 17.8 Å². The third-order valence-electron chi connectivity index (χ3n) is 3.92. The number of aromatic nitrogens is 4. The van der Waals surface area contributed by atoms with Gasteiger partial charge in [-0.2, -0.15) is 5.10 Å². The molecule has 1 saturated heterocycles. The Kier molecular flexibility index (Phi) is 3.52. The quantitative estimate of drug-likeness (QED) is 0.789. The highest BCUT2D eigenvalue weighted by Gasteiger charge is 2.34. The fourth-order valence-electron chi connectivity index (χ4n) is 2.74. The average Bonchev–Trinajstić information content (AvgIpc) is 3.21. The molecule has 1 aromatic carbocycles. The maximum atomic E-state index is 13.3. The van der Waals surface area contributed by atoms with Crippen molar-refractivity contribution in [1.82, 2.24) is 19.7 Å². The van der Waals surface area contributed by atoms with Crippen LogP contribution >= 0.6 is 11.8 Å². The van der Waals surface area contributed by atoms with Gasteiger partial charge in [-0.3, -0.25) is 9.48 Å². The summed E-state index contributed by atoms with van der Waals surface area (Å²) in [4.78, 5) is 21.4. The predicted molar refractivity (Wildman–Crippen MR) is 85.8 cm³/mol. The topological polar surface area (TPSA) is 66.8 Å². The summed E-state index contributed by atoms with van der Waals surface area (Å²) in [5, 5.41) is 4.26. The van der Waals surface area contributed by atoms with E-state index in [9.17, 15) is 13.6 Å². The maximum absolute atomic E-state index is 13.3. The summed E-state index contributed by atoms with van der Waals surface area (Å²) in [5.74, 6) is -1.89. The number of thioether (sulfide) groups is 1. The number of rotatable bonds is 3. The normalized spacial score (nSPS) is 18.0. The first-order chi connectivity index (χ1) is 11.5. The van der Waals surface area contributed by atoms with Gasteiger partial charge in [-0.25, -0.2) is 13.8 Å². The van der Waals surface area contributed by atoms with Crippen LogP contribution in [0.5, 0.6) is 0 Å². The van der Waals surface area contributed by atoms with Gasteiger partial charge in [-0.15, -0.1) is 0 Å². The van der Waals surface area contributed by atoms with Gasteiger partial charge in [0.05, 0.1) is 28.2 Å². The molecule has 0 saturated carbocycles. The number of aromatic amines is 1. The van der Waals surface area contributed by atoms with Gasteiger partial charge >= 0.3 is 0 Å². The number of H-pyrrole nitrogens is 1. The molecule has 0 unspecified atom stereocenters. The molecule has 1 aliphatic heterocycles. The lowest BCUT2D eigenvalue weighted by Crippen LogP contribution is -2.27. The van der Waals surface area contributed by atoms with Crippen LogP contribution in [0.25, 0.3) is 11.0 Å². The van der Waals surface area contributed by atoms with E-state index in [0.29, 0.717) is 29.2 Å². The highest BCUT2D eigenvalue weighted by molar-refractivity contribution is 8.00. The van der Waals surface area contributed by atoms with Gasteiger partial charge in [0.25, 0.3) is 0 Å². The van der Waals surface area contributed by atoms with Gasteiger partial charge in [0.2, 0.25) is 5.91 Å². The van der Waals surface area contributed by atoms with E-state index in [4.69, 9.17) is 0 Å². The number of aryl methyl sites for hydroxylation is 1. The number of carbonyl (C=O) groups excluding carboxylic acids is 1. The summed E-state index contributed by atoms with van der Waals surface area (Å²) in [6.07, 6.45) is 4.10. The lowest BCUT2D eigenvalue weighted by Gasteiger charge is -2.13. The van der Waals surface area contributed by atoms with Crippen LogP contribution in [0.1, 0.15) is 6.42 Å². The molecular weight excluding hydrogens is 336 g/mol. The van der Waals surface area contributed by atoms with E-state index in [1.807, 2.05) is 0 Å². The Bertz CT molecular complexity index is 898. The van der Waals surface area contributed by atoms with Crippen LogP contribution in [-0.4, -0.2) is 37.5 Å². The second-order valence-corrected chi connectivity index (χ2v) is 6.77. The van der Waals surface area contributed by atoms with Crippen LogP contribution in [0.2, 0.25) is 0 Å². The number of amides is 1. The Hall–Kier alpha value is -2.42. The second kappa shape index (κ2) is 5.59. The van der Waals surface area contributed by atoms with E-state index in [-0.39, 0.29) is 11.2 Å². The molecule has 0 aliphatic carbocycles. The molecule has 3 heterocycles. The standard InChI is InChI=1S/C15H13F2N5OS/c1-21-7-8(6-18-21)22-3-2-13(14(22)23)24-15-19-11-4-9(16)10(17)5-12(11)20-15/h4-7,13H,2-3H2,1H3,(H,19,20)/t13-/m1/s1. The van der Waals surface area contributed by atoms with Gasteiger partial charge in [-0.05, 0) is 6.42 Å². The van der Waals surface area contributed by atoms with Crippen LogP contribution < -0.4 is 4.90 Å². The number of hydrogen-bond donors (Lipinski definition) is 1. The van der Waals surface area contributed by atoms with Crippen molar-refractivity contribution in [2.24, 2.45) is 7.05 Å². The van der Waals surface area contributed by atoms with Gasteiger partial charge in [0.1, 0.15) is 0 Å². The molecule has 0 bridgehead atoms. The van der Waals surface area contributed by atoms with Crippen molar-refractivity contribution in [2.45, 2.75) is 16.8 Å². The zero-order chi connectivity index (χ0) is 16.8. The maximum Gasteiger partial charge on any atom is 0.240 e. The number of carbonyl (C=O) groups is 1. The van der Waals surface area contributed by atoms with Crippen molar-refractivity contribution < 1.29 is 13.6 Å². The molecule has 0 spiro atoms. The smallest absolute Gasteiger partial charge is 0.240 e. The second-order valence-electron chi connectivity index (χ2n) is 5.58. The van der Waals surface area contributed by atoms with Crippen LogP contribution in [0.3, 0.4) is 0 Å². The first-order valence-corrected chi connectivity index (χ1v) is 8.20. The van der Waals surface area contributed by atoms with Crippen molar-refractivity contribution >= 4 is 34.4 Å². The fourth-order valence-corrected chi connectivity index (χ4v) is 3.78. The largest absolute Gasteiger partial charge is 0.333 e. The highest BCUT2D eigenvalue weighted by Crippen LogP contribution is 2.32. The van der Waals surface area contributed by atoms with Crippen molar-refractivity contribution in [3.05, 3.63) is 36.2 Å². The van der Waals surface area contributed by atoms with Gasteiger partial charge in [0, 0.05) is 31.9 Å². The average molecular weight is 349 g/mol. The summed E-state index contributed by atoms with van der Waals surface area (Å²) in [6, 6.07) is 2.11. The molecule has 4 rings (SSSR count). The summed E-state index contributed by atoms with van der Waals surface area (Å²) in [7, 11) is 1.79. The molecule has 1 atom stereocenters. The molecule has 124 valence electrons. The number of nitrogens with zero attached hydrogens (tertiary/aromatic N) is 4. The molecule has 1 N–H and O–H groups in total. The molecule has 2 aromatic heterocycles. The number of fused-ring (bicyclic) bond motifs is 1. The van der Waals surface area contributed by atoms with Crippen molar-refractivity contribution in [1.29, 1.82) is 0 Å². The van der Waals surface area contributed by atoms with Gasteiger partial charge in [0.15, 0.2) is 16.8 Å². The highest BCUT2D eigenvalue weighted by atomic mass is 32.2. The van der Waals surface area contributed by atoms with E-state index in [2.05, 4.69) is 15.1 Å². The number of benzene rings is 1. The minimum Gasteiger partial charge on any atom is -0.333 e. The van der Waals surface area contributed by atoms with E-state index in [1.165, 1.54) is 11.8 Å². The Balaban J connectivity index is 1.54. The number of anilines is 1. The van der Waals surface area contributed by atoms with E-state index >= 15 is 0 Å². The summed E-state index contributed by atoms with van der Waals surface area (Å²) >= 11 is 1.27. The lowest BCUT2D eigenvalue weighted by atomic mass is 10.3. The summed E-state index contributed by atoms with van der Waals surface area (Å²) < 4.78 is 28.2. The Morgan fingerprint density at radius 3 is 2.88 bits per heavy atom. The number of nitrogens with one attached hydrogen (secondary N) is 1. The van der Waals surface area contributed by atoms with E-state index < -0.39 is 11.6 Å². The van der Waals surface area contributed by atoms with Crippen molar-refractivity contribution in [2.75, 3.05) is 11.4 Å². The Morgan fingerprint density at radius 1 is 1.33 bits per heavy atom. The summed E-state index contributed by atoms with van der Waals surface area (Å²) in [6.45, 7) is 0.603. The molecule has 1 fully saturated rings. The predicted octanol–water partition coefficient (Wildman–Crippen LogP) is 2.47. The monoisotopic (exact) mass is 349 g/mol. The van der Waals surface area contributed by atoms with Crippen LogP contribution in [0, 0.1) is 11.6 Å². The van der Waals surface area contributed by atoms with Gasteiger partial charge < -0.3 is 9.88 Å². The molecule has 9 heteroatoms. The lowest BCUT2D eigenvalue weighted by molar-refractivity contribution is -0.116. The molecule has 6 nitrogen and oxygen atoms in total. The SMILES string of the molecule is Cn1cc(N2CC[C@@H](Sc3nc4cc(F)c(F)cc4[nH]3)C2=O)cn1. The molecule has 24 heavy (non-hydrogen) atoms. The number of hydrogen-bond acceptors (Lipinski definition) is 4. The number of imidazole rings is 1. The third-order valence-corrected chi connectivity index (χ3v) is 5.05. The Labute approximate surface area is 139 Å². The van der Waals surface area contributed by atoms with Crippen LogP contribution in [-0.2, 0) is 11.8 Å². The Morgan fingerprint density at radius 2 is 2.12 bits per heavy atom.